The number of thiocarbonyl (C=S) groups is 1. The molecule has 0 bridgehead atoms. The third-order valence-electron chi connectivity index (χ3n) is 2.24. The van der Waals surface area contributed by atoms with Crippen molar-refractivity contribution in [1.82, 2.24) is 0 Å². The van der Waals surface area contributed by atoms with E-state index < -0.39 is 0 Å². The molecule has 1 heterocycles. The predicted molar refractivity (Wildman–Crippen MR) is 55.1 cm³/mol. The number of ether oxygens (including phenoxy) is 1. The number of hydrogen-bond donors (Lipinski definition) is 0. The number of nitrogens with zero attached hydrogens (tertiary/aromatic N) is 1. The van der Waals surface area contributed by atoms with Gasteiger partial charge in [-0.1, -0.05) is 6.07 Å². The van der Waals surface area contributed by atoms with Crippen LogP contribution in [0.1, 0.15) is 11.1 Å². The Bertz CT molecular complexity index is 394. The fourth-order valence-corrected chi connectivity index (χ4v) is 1.67. The molecule has 0 N–H and O–H groups in total. The van der Waals surface area contributed by atoms with Crippen LogP contribution in [0.4, 0.5) is 5.69 Å². The number of aliphatic imine (C=N–C) groups is 1. The molecule has 3 heteroatoms. The topological polar surface area (TPSA) is 21.6 Å². The van der Waals surface area contributed by atoms with Crippen LogP contribution in [0.15, 0.2) is 17.1 Å². The molecular formula is C10H9NOS. The van der Waals surface area contributed by atoms with E-state index in [0.29, 0.717) is 0 Å². The van der Waals surface area contributed by atoms with Gasteiger partial charge in [0.15, 0.2) is 0 Å². The lowest BCUT2D eigenvalue weighted by molar-refractivity contribution is 0.355. The van der Waals surface area contributed by atoms with Crippen LogP contribution < -0.4 is 4.74 Å². The molecule has 0 saturated carbocycles. The highest BCUT2D eigenvalue weighted by molar-refractivity contribution is 7.78. The van der Waals surface area contributed by atoms with Crippen molar-refractivity contribution in [2.75, 3.05) is 6.61 Å². The normalized spacial score (nSPS) is 13.0. The number of benzene rings is 1. The van der Waals surface area contributed by atoms with Crippen molar-refractivity contribution >= 4 is 23.1 Å². The molecule has 13 heavy (non-hydrogen) atoms. The highest BCUT2D eigenvalue weighted by Crippen LogP contribution is 2.34. The zero-order valence-electron chi connectivity index (χ0n) is 7.33. The molecular weight excluding hydrogens is 182 g/mol. The first-order valence-electron chi connectivity index (χ1n) is 4.16. The maximum absolute atomic E-state index is 5.49. The van der Waals surface area contributed by atoms with Crippen LogP contribution in [-0.4, -0.2) is 11.8 Å². The molecule has 0 saturated heterocycles. The van der Waals surface area contributed by atoms with Gasteiger partial charge in [0, 0.05) is 12.0 Å². The van der Waals surface area contributed by atoms with Crippen LogP contribution in [0.2, 0.25) is 0 Å². The quantitative estimate of drug-likeness (QED) is 0.503. The van der Waals surface area contributed by atoms with Gasteiger partial charge in [-0.25, -0.2) is 0 Å². The van der Waals surface area contributed by atoms with E-state index in [4.69, 9.17) is 4.74 Å². The number of hydrogen-bond acceptors (Lipinski definition) is 3. The zero-order valence-corrected chi connectivity index (χ0v) is 8.15. The number of isothiocyanates is 1. The summed E-state index contributed by atoms with van der Waals surface area (Å²) in [6.45, 7) is 2.77. The van der Waals surface area contributed by atoms with E-state index in [0.717, 1.165) is 30.0 Å². The van der Waals surface area contributed by atoms with Crippen molar-refractivity contribution in [1.29, 1.82) is 0 Å². The van der Waals surface area contributed by atoms with E-state index >= 15 is 0 Å². The summed E-state index contributed by atoms with van der Waals surface area (Å²) in [5.41, 5.74) is 3.18. The van der Waals surface area contributed by atoms with Crippen molar-refractivity contribution < 1.29 is 4.74 Å². The van der Waals surface area contributed by atoms with Gasteiger partial charge in [-0.2, -0.15) is 4.99 Å². The average Bonchev–Trinajstić information content (AvgIpc) is 2.58. The standard InChI is InChI=1S/C10H9NOS/c1-7-9(11-6-13)3-2-8-4-5-12-10(7)8/h2-3H,4-5H2,1H3. The van der Waals surface area contributed by atoms with Crippen molar-refractivity contribution in [3.8, 4) is 5.75 Å². The monoisotopic (exact) mass is 191 g/mol. The maximum atomic E-state index is 5.49. The molecule has 0 unspecified atom stereocenters. The van der Waals surface area contributed by atoms with Gasteiger partial charge in [0.05, 0.1) is 17.5 Å². The first-order valence-corrected chi connectivity index (χ1v) is 4.57. The van der Waals surface area contributed by atoms with Crippen molar-refractivity contribution in [2.45, 2.75) is 13.3 Å². The Morgan fingerprint density at radius 2 is 2.38 bits per heavy atom. The van der Waals surface area contributed by atoms with Crippen LogP contribution in [-0.2, 0) is 6.42 Å². The smallest absolute Gasteiger partial charge is 0.127 e. The van der Waals surface area contributed by atoms with Gasteiger partial charge >= 0.3 is 0 Å². The Labute approximate surface area is 82.3 Å². The largest absolute Gasteiger partial charge is 0.493 e. The Balaban J connectivity index is 2.58. The van der Waals surface area contributed by atoms with E-state index in [9.17, 15) is 0 Å². The van der Waals surface area contributed by atoms with E-state index in [2.05, 4.69) is 22.4 Å². The molecule has 0 amide bonds. The lowest BCUT2D eigenvalue weighted by atomic mass is 10.1. The van der Waals surface area contributed by atoms with Crippen LogP contribution in [0, 0.1) is 6.92 Å². The number of fused-ring (bicyclic) bond motifs is 1. The van der Waals surface area contributed by atoms with Crippen LogP contribution in [0.5, 0.6) is 5.75 Å². The minimum absolute atomic E-state index is 0.779. The fraction of sp³-hybridized carbons (Fsp3) is 0.300. The summed E-state index contributed by atoms with van der Waals surface area (Å²) in [7, 11) is 0. The molecule has 2 nitrogen and oxygen atoms in total. The Morgan fingerprint density at radius 1 is 1.54 bits per heavy atom. The zero-order chi connectivity index (χ0) is 9.26. The molecule has 0 atom stereocenters. The van der Waals surface area contributed by atoms with Gasteiger partial charge in [-0.3, -0.25) is 0 Å². The first kappa shape index (κ1) is 8.42. The summed E-state index contributed by atoms with van der Waals surface area (Å²) in [6, 6.07) is 4.00. The van der Waals surface area contributed by atoms with E-state index in [1.165, 1.54) is 5.56 Å². The van der Waals surface area contributed by atoms with Crippen molar-refractivity contribution in [3.05, 3.63) is 23.3 Å². The molecule has 66 valence electrons. The molecule has 1 aliphatic rings. The Kier molecular flexibility index (Phi) is 2.13. The molecule has 1 aromatic rings. The molecule has 0 spiro atoms. The Hall–Kier alpha value is -1.18. The van der Waals surface area contributed by atoms with E-state index in [-0.39, 0.29) is 0 Å². The molecule has 2 rings (SSSR count). The highest BCUT2D eigenvalue weighted by Gasteiger charge is 2.15. The van der Waals surface area contributed by atoms with Gasteiger partial charge in [0.25, 0.3) is 0 Å². The molecule has 1 aromatic carbocycles. The summed E-state index contributed by atoms with van der Waals surface area (Å²) in [5.74, 6) is 0.978. The summed E-state index contributed by atoms with van der Waals surface area (Å²) in [5, 5.41) is 2.37. The van der Waals surface area contributed by atoms with Crippen LogP contribution in [0.3, 0.4) is 0 Å². The van der Waals surface area contributed by atoms with Gasteiger partial charge in [0.1, 0.15) is 5.75 Å². The Morgan fingerprint density at radius 3 is 3.15 bits per heavy atom. The van der Waals surface area contributed by atoms with Crippen LogP contribution in [0.25, 0.3) is 0 Å². The van der Waals surface area contributed by atoms with E-state index in [1.54, 1.807) is 0 Å². The third kappa shape index (κ3) is 1.37. The van der Waals surface area contributed by atoms with Crippen LogP contribution >= 0.6 is 12.2 Å². The second kappa shape index (κ2) is 3.29. The summed E-state index contributed by atoms with van der Waals surface area (Å²) in [4.78, 5) is 3.97. The fourth-order valence-electron chi connectivity index (χ4n) is 1.57. The maximum Gasteiger partial charge on any atom is 0.127 e. The second-order valence-electron chi connectivity index (χ2n) is 3.00. The highest BCUT2D eigenvalue weighted by atomic mass is 32.1. The molecule has 1 aliphatic heterocycles. The minimum Gasteiger partial charge on any atom is -0.493 e. The summed E-state index contributed by atoms with van der Waals surface area (Å²) >= 11 is 4.56. The van der Waals surface area contributed by atoms with Crippen molar-refractivity contribution in [3.63, 3.8) is 0 Å². The molecule has 0 radical (unpaired) electrons. The molecule has 0 aliphatic carbocycles. The third-order valence-corrected chi connectivity index (χ3v) is 2.33. The summed E-state index contributed by atoms with van der Waals surface area (Å²) < 4.78 is 5.49. The first-order chi connectivity index (χ1) is 6.33. The lowest BCUT2D eigenvalue weighted by Gasteiger charge is -2.04. The molecule has 0 fully saturated rings. The average molecular weight is 191 g/mol. The minimum atomic E-state index is 0.779. The molecule has 0 aromatic heterocycles. The van der Waals surface area contributed by atoms with E-state index in [1.807, 2.05) is 19.1 Å². The SMILES string of the molecule is Cc1c(N=C=S)ccc2c1OCC2. The van der Waals surface area contributed by atoms with Gasteiger partial charge in [0.2, 0.25) is 0 Å². The lowest BCUT2D eigenvalue weighted by Crippen LogP contribution is -1.88. The van der Waals surface area contributed by atoms with Crippen molar-refractivity contribution in [2.24, 2.45) is 4.99 Å². The van der Waals surface area contributed by atoms with Gasteiger partial charge in [-0.05, 0) is 30.8 Å². The summed E-state index contributed by atoms with van der Waals surface area (Å²) in [6.07, 6.45) is 0.998. The number of rotatable bonds is 1. The predicted octanol–water partition coefficient (Wildman–Crippen LogP) is 2.66. The van der Waals surface area contributed by atoms with Gasteiger partial charge in [-0.15, -0.1) is 0 Å². The van der Waals surface area contributed by atoms with Gasteiger partial charge < -0.3 is 4.74 Å². The second-order valence-corrected chi connectivity index (χ2v) is 3.18.